The van der Waals surface area contributed by atoms with E-state index in [1.54, 1.807) is 18.4 Å². The minimum Gasteiger partial charge on any atom is -0.424 e. The van der Waals surface area contributed by atoms with Gasteiger partial charge in [0.2, 0.25) is 5.91 Å². The molecular formula is C28H38BN3O2S. The highest BCUT2D eigenvalue weighted by molar-refractivity contribution is 7.20. The molecule has 1 fully saturated rings. The zero-order chi connectivity index (χ0) is 25.4. The number of nitrogens with one attached hydrogen (secondary N) is 2. The molecule has 0 spiro atoms. The molecule has 0 radical (unpaired) electrons. The van der Waals surface area contributed by atoms with Crippen LogP contribution in [0.1, 0.15) is 38.0 Å². The van der Waals surface area contributed by atoms with E-state index in [0.717, 1.165) is 41.1 Å². The van der Waals surface area contributed by atoms with Gasteiger partial charge in [-0.05, 0) is 69.6 Å². The molecule has 1 amide bonds. The van der Waals surface area contributed by atoms with Crippen LogP contribution in [0.25, 0.3) is 15.8 Å². The Morgan fingerprint density at radius 1 is 1.40 bits per heavy atom. The topological polar surface area (TPSA) is 53.6 Å². The van der Waals surface area contributed by atoms with Crippen molar-refractivity contribution < 1.29 is 9.45 Å². The molecule has 2 heterocycles. The second-order valence-electron chi connectivity index (χ2n) is 9.23. The number of thiophene rings is 1. The van der Waals surface area contributed by atoms with Gasteiger partial charge in [-0.15, -0.1) is 11.3 Å². The highest BCUT2D eigenvalue weighted by Crippen LogP contribution is 2.29. The van der Waals surface area contributed by atoms with E-state index in [2.05, 4.69) is 59.8 Å². The summed E-state index contributed by atoms with van der Waals surface area (Å²) in [7, 11) is 1.75. The molecule has 2 atom stereocenters. The molecule has 2 N–H and O–H groups in total. The van der Waals surface area contributed by atoms with Gasteiger partial charge in [-0.25, -0.2) is 0 Å². The van der Waals surface area contributed by atoms with Crippen molar-refractivity contribution in [1.82, 2.24) is 15.4 Å². The first-order valence-corrected chi connectivity index (χ1v) is 13.1. The predicted octanol–water partition coefficient (Wildman–Crippen LogP) is 5.64. The molecule has 0 aliphatic carbocycles. The van der Waals surface area contributed by atoms with E-state index in [1.807, 2.05) is 38.0 Å². The van der Waals surface area contributed by atoms with Crippen LogP contribution in [0.15, 0.2) is 72.9 Å². The molecule has 1 aromatic carbocycles. The van der Waals surface area contributed by atoms with Crippen molar-refractivity contribution in [3.8, 4) is 0 Å². The smallest absolute Gasteiger partial charge is 0.379 e. The summed E-state index contributed by atoms with van der Waals surface area (Å²) in [4.78, 5) is 16.9. The molecule has 1 aromatic heterocycles. The number of allylic oxidation sites excluding steroid dienone is 3. The molecule has 2 unspecified atom stereocenters. The molecule has 3 rings (SSSR count). The van der Waals surface area contributed by atoms with Gasteiger partial charge in [-0.3, -0.25) is 4.79 Å². The lowest BCUT2D eigenvalue weighted by Gasteiger charge is -2.27. The van der Waals surface area contributed by atoms with Crippen molar-refractivity contribution in [2.75, 3.05) is 20.2 Å². The van der Waals surface area contributed by atoms with Crippen molar-refractivity contribution in [3.05, 3.63) is 77.7 Å². The van der Waals surface area contributed by atoms with Gasteiger partial charge in [0.15, 0.2) is 0 Å². The van der Waals surface area contributed by atoms with Gasteiger partial charge in [0.05, 0.1) is 10.9 Å². The number of carbonyl (C=O) groups is 1. The summed E-state index contributed by atoms with van der Waals surface area (Å²) >= 11 is 1.68. The Hall–Kier alpha value is -2.61. The second-order valence-corrected chi connectivity index (χ2v) is 10.3. The summed E-state index contributed by atoms with van der Waals surface area (Å²) in [5, 5.41) is 7.90. The maximum absolute atomic E-state index is 13.6. The molecule has 35 heavy (non-hydrogen) atoms. The van der Waals surface area contributed by atoms with Crippen LogP contribution in [0.3, 0.4) is 0 Å². The third-order valence-electron chi connectivity index (χ3n) is 6.50. The van der Waals surface area contributed by atoms with Gasteiger partial charge in [-0.1, -0.05) is 55.2 Å². The van der Waals surface area contributed by atoms with Gasteiger partial charge in [-0.2, -0.15) is 0 Å². The molecular weight excluding hydrogens is 453 g/mol. The fraction of sp³-hybridized carbons (Fsp3) is 0.393. The Balaban J connectivity index is 1.74. The maximum Gasteiger partial charge on any atom is 0.379 e. The van der Waals surface area contributed by atoms with Crippen LogP contribution in [-0.4, -0.2) is 50.1 Å². The quantitative estimate of drug-likeness (QED) is 0.257. The van der Waals surface area contributed by atoms with E-state index in [-0.39, 0.29) is 19.0 Å². The van der Waals surface area contributed by atoms with Crippen molar-refractivity contribution in [1.29, 1.82) is 0 Å². The Kier molecular flexibility index (Phi) is 9.96. The summed E-state index contributed by atoms with van der Waals surface area (Å²) in [6.45, 7) is 16.3. The van der Waals surface area contributed by atoms with Gasteiger partial charge in [0.1, 0.15) is 6.04 Å². The van der Waals surface area contributed by atoms with Gasteiger partial charge in [0.25, 0.3) is 0 Å². The summed E-state index contributed by atoms with van der Waals surface area (Å²) < 4.78 is 6.71. The largest absolute Gasteiger partial charge is 0.424 e. The van der Waals surface area contributed by atoms with Crippen LogP contribution in [-0.2, 0) is 9.45 Å². The third-order valence-corrected chi connectivity index (χ3v) is 7.67. The first-order valence-electron chi connectivity index (χ1n) is 12.3. The first-order chi connectivity index (χ1) is 16.8. The number of hydrogen-bond donors (Lipinski definition) is 2. The average Bonchev–Trinajstić information content (AvgIpc) is 3.21. The van der Waals surface area contributed by atoms with Crippen molar-refractivity contribution in [2.45, 2.75) is 52.0 Å². The molecule has 7 heteroatoms. The van der Waals surface area contributed by atoms with Crippen LogP contribution in [0.5, 0.6) is 0 Å². The fourth-order valence-corrected chi connectivity index (χ4v) is 5.33. The molecule has 0 saturated carbocycles. The van der Waals surface area contributed by atoms with E-state index < -0.39 is 6.04 Å². The van der Waals surface area contributed by atoms with Crippen molar-refractivity contribution in [3.63, 3.8) is 0 Å². The van der Waals surface area contributed by atoms with Crippen LogP contribution >= 0.6 is 11.3 Å². The van der Waals surface area contributed by atoms with Gasteiger partial charge >= 0.3 is 7.05 Å². The lowest BCUT2D eigenvalue weighted by Crippen LogP contribution is -2.48. The van der Waals surface area contributed by atoms with Crippen LogP contribution in [0.2, 0.25) is 6.82 Å². The minimum atomic E-state index is -0.431. The Morgan fingerprint density at radius 3 is 2.89 bits per heavy atom. The molecule has 1 aliphatic rings. The zero-order valence-electron chi connectivity index (χ0n) is 21.5. The first kappa shape index (κ1) is 27.0. The fourth-order valence-electron chi connectivity index (χ4n) is 4.33. The lowest BCUT2D eigenvalue weighted by atomic mass is 9.83. The van der Waals surface area contributed by atoms with E-state index in [0.29, 0.717) is 13.0 Å². The number of rotatable bonds is 10. The summed E-state index contributed by atoms with van der Waals surface area (Å²) in [6, 6.07) is 9.93. The average molecular weight is 492 g/mol. The standard InChI is InChI=1S/C28H38BN3O2S/c1-7-8-12-20(2)17-25(30-22(4)27-18-23-13-9-10-15-26(23)35-27)28(33)31-24-14-11-16-32(19-21(24)3)29(5)34-6/h7-10,12-13,15,18,24-25,30H,3-4,11,14,16-17,19H2,1-2,5-6H3,(H,31,33)/b8-7-,20-12+. The van der Waals surface area contributed by atoms with E-state index in [9.17, 15) is 4.79 Å². The number of amides is 1. The molecule has 1 aliphatic heterocycles. The van der Waals surface area contributed by atoms with E-state index in [1.165, 1.54) is 10.1 Å². The molecule has 1 saturated heterocycles. The number of hydrogen-bond acceptors (Lipinski definition) is 5. The minimum absolute atomic E-state index is 0.0275. The Morgan fingerprint density at radius 2 is 2.17 bits per heavy atom. The number of nitrogens with zero attached hydrogens (tertiary/aromatic N) is 1. The Bertz CT molecular complexity index is 1070. The van der Waals surface area contributed by atoms with Crippen LogP contribution in [0, 0.1) is 0 Å². The summed E-state index contributed by atoms with van der Waals surface area (Å²) in [6.07, 6.45) is 8.48. The van der Waals surface area contributed by atoms with Crippen molar-refractivity contribution in [2.24, 2.45) is 0 Å². The van der Waals surface area contributed by atoms with Crippen molar-refractivity contribution >= 4 is 40.1 Å². The highest BCUT2D eigenvalue weighted by Gasteiger charge is 2.29. The van der Waals surface area contributed by atoms with E-state index >= 15 is 0 Å². The Labute approximate surface area is 214 Å². The van der Waals surface area contributed by atoms with Gasteiger partial charge < -0.3 is 20.1 Å². The van der Waals surface area contributed by atoms with E-state index in [4.69, 9.17) is 4.65 Å². The molecule has 186 valence electrons. The van der Waals surface area contributed by atoms with Crippen LogP contribution in [0.4, 0.5) is 0 Å². The highest BCUT2D eigenvalue weighted by atomic mass is 32.1. The number of carbonyl (C=O) groups excluding carboxylic acids is 1. The molecule has 0 bridgehead atoms. The molecule has 5 nitrogen and oxygen atoms in total. The predicted molar refractivity (Wildman–Crippen MR) is 151 cm³/mol. The van der Waals surface area contributed by atoms with Crippen LogP contribution < -0.4 is 10.6 Å². The lowest BCUT2D eigenvalue weighted by molar-refractivity contribution is -0.123. The van der Waals surface area contributed by atoms with Gasteiger partial charge in [0, 0.05) is 24.1 Å². The SMILES string of the molecule is C=C(NC(C/C(C)=C/C=C\C)C(=O)NC1CCCN(B(C)OC)CC1=C)c1cc2ccccc2s1. The number of benzene rings is 1. The zero-order valence-corrected chi connectivity index (χ0v) is 22.3. The molecule has 2 aromatic rings. The summed E-state index contributed by atoms with van der Waals surface area (Å²) in [5.41, 5.74) is 2.91. The monoisotopic (exact) mass is 491 g/mol. The maximum atomic E-state index is 13.6. The second kappa shape index (κ2) is 12.9. The number of fused-ring (bicyclic) bond motifs is 1. The summed E-state index contributed by atoms with van der Waals surface area (Å²) in [5.74, 6) is -0.0279. The normalized spacial score (nSPS) is 18.5. The third kappa shape index (κ3) is 7.44.